The van der Waals surface area contributed by atoms with Crippen molar-refractivity contribution in [2.45, 2.75) is 34.6 Å². The number of benzene rings is 2. The summed E-state index contributed by atoms with van der Waals surface area (Å²) in [6, 6.07) is 10.9. The topological polar surface area (TPSA) is 76.3 Å². The first kappa shape index (κ1) is 18.5. The molecule has 138 valence electrons. The maximum absolute atomic E-state index is 13.3. The Labute approximate surface area is 157 Å². The lowest BCUT2D eigenvalue weighted by atomic mass is 10.0. The number of hydrogen-bond acceptors (Lipinski definition) is 5. The highest BCUT2D eigenvalue weighted by Gasteiger charge is 2.31. The van der Waals surface area contributed by atoms with E-state index in [1.807, 2.05) is 52.0 Å². The zero-order valence-electron chi connectivity index (χ0n) is 16.0. The molecule has 0 bridgehead atoms. The van der Waals surface area contributed by atoms with E-state index in [0.717, 1.165) is 27.2 Å². The van der Waals surface area contributed by atoms with Crippen molar-refractivity contribution in [2.75, 3.05) is 4.90 Å². The molecule has 0 spiro atoms. The molecule has 2 amide bonds. The average molecular weight is 363 g/mol. The zero-order valence-corrected chi connectivity index (χ0v) is 16.0. The van der Waals surface area contributed by atoms with E-state index in [2.05, 4.69) is 10.3 Å². The Kier molecular flexibility index (Phi) is 4.90. The molecule has 1 aromatic heterocycles. The fourth-order valence-electron chi connectivity index (χ4n) is 3.06. The van der Waals surface area contributed by atoms with Gasteiger partial charge in [-0.3, -0.25) is 9.59 Å². The van der Waals surface area contributed by atoms with E-state index in [-0.39, 0.29) is 5.82 Å². The lowest BCUT2D eigenvalue weighted by molar-refractivity contribution is 0.0894. The van der Waals surface area contributed by atoms with Crippen molar-refractivity contribution in [2.24, 2.45) is 0 Å². The molecular weight excluding hydrogens is 342 g/mol. The first-order valence-corrected chi connectivity index (χ1v) is 8.62. The minimum atomic E-state index is -0.462. The van der Waals surface area contributed by atoms with E-state index in [4.69, 9.17) is 4.63 Å². The number of anilines is 1. The van der Waals surface area contributed by atoms with Gasteiger partial charge in [-0.1, -0.05) is 40.5 Å². The largest absolute Gasteiger partial charge is 0.268 e. The number of hydrogen-bond donors (Lipinski definition) is 0. The van der Waals surface area contributed by atoms with Crippen molar-refractivity contribution < 1.29 is 14.2 Å². The number of carbonyl (C=O) groups is 2. The van der Waals surface area contributed by atoms with Gasteiger partial charge in [0.15, 0.2) is 0 Å². The van der Waals surface area contributed by atoms with Crippen molar-refractivity contribution in [1.29, 1.82) is 0 Å². The van der Waals surface area contributed by atoms with Crippen LogP contribution in [0.15, 0.2) is 41.0 Å². The quantitative estimate of drug-likeness (QED) is 0.655. The minimum Gasteiger partial charge on any atom is -0.268 e. The van der Waals surface area contributed by atoms with Crippen LogP contribution in [-0.2, 0) is 0 Å². The molecule has 0 aliphatic carbocycles. The molecule has 3 aromatic rings. The van der Waals surface area contributed by atoms with Crippen molar-refractivity contribution in [3.05, 3.63) is 75.5 Å². The third-order valence-corrected chi connectivity index (χ3v) is 4.47. The summed E-state index contributed by atoms with van der Waals surface area (Å²) in [7, 11) is 0. The van der Waals surface area contributed by atoms with Gasteiger partial charge in [0.25, 0.3) is 11.8 Å². The van der Waals surface area contributed by atoms with Gasteiger partial charge in [0.05, 0.1) is 0 Å². The summed E-state index contributed by atoms with van der Waals surface area (Å²) in [4.78, 5) is 27.7. The molecule has 0 radical (unpaired) electrons. The number of imide groups is 1. The van der Waals surface area contributed by atoms with E-state index in [1.165, 1.54) is 0 Å². The van der Waals surface area contributed by atoms with Crippen molar-refractivity contribution in [3.63, 3.8) is 0 Å². The summed E-state index contributed by atoms with van der Waals surface area (Å²) < 4.78 is 4.75. The standard InChI is InChI=1S/C21H21N3O3/c1-12-6-8-17(14(3)10-12)20(25)24(19-16(5)22-27-23-19)21(26)18-9-7-13(2)11-15(18)4/h6-11H,1-5H3. The molecule has 0 saturated carbocycles. The van der Waals surface area contributed by atoms with Gasteiger partial charge < -0.3 is 0 Å². The summed E-state index contributed by atoms with van der Waals surface area (Å²) in [5.74, 6) is -0.822. The molecule has 2 aromatic carbocycles. The highest BCUT2D eigenvalue weighted by atomic mass is 16.6. The molecule has 6 heteroatoms. The first-order chi connectivity index (χ1) is 12.8. The highest BCUT2D eigenvalue weighted by Crippen LogP contribution is 2.24. The lowest BCUT2D eigenvalue weighted by Gasteiger charge is -2.20. The zero-order chi connectivity index (χ0) is 19.7. The summed E-state index contributed by atoms with van der Waals surface area (Å²) in [5, 5.41) is 7.53. The Bertz CT molecular complexity index is 973. The van der Waals surface area contributed by atoms with Gasteiger partial charge in [0.2, 0.25) is 5.82 Å². The molecule has 0 aliphatic heterocycles. The van der Waals surface area contributed by atoms with Gasteiger partial charge in [0.1, 0.15) is 5.69 Å². The SMILES string of the molecule is Cc1ccc(C(=O)N(C(=O)c2ccc(C)cc2C)c2nonc2C)c(C)c1. The Morgan fingerprint density at radius 2 is 1.26 bits per heavy atom. The van der Waals surface area contributed by atoms with Crippen LogP contribution < -0.4 is 4.90 Å². The van der Waals surface area contributed by atoms with E-state index in [9.17, 15) is 9.59 Å². The second-order valence-electron chi connectivity index (χ2n) is 6.76. The van der Waals surface area contributed by atoms with Crippen LogP contribution in [0.3, 0.4) is 0 Å². The number of nitrogens with zero attached hydrogens (tertiary/aromatic N) is 3. The van der Waals surface area contributed by atoms with E-state index < -0.39 is 11.8 Å². The number of aryl methyl sites for hydroxylation is 5. The van der Waals surface area contributed by atoms with Crippen LogP contribution in [0.5, 0.6) is 0 Å². The van der Waals surface area contributed by atoms with Crippen LogP contribution in [0, 0.1) is 34.6 Å². The molecule has 0 fully saturated rings. The Balaban J connectivity index is 2.13. The lowest BCUT2D eigenvalue weighted by Crippen LogP contribution is -2.38. The number of amides is 2. The smallest absolute Gasteiger partial charge is 0.266 e. The first-order valence-electron chi connectivity index (χ1n) is 8.62. The highest BCUT2D eigenvalue weighted by molar-refractivity contribution is 6.26. The third-order valence-electron chi connectivity index (χ3n) is 4.47. The van der Waals surface area contributed by atoms with Crippen LogP contribution in [0.2, 0.25) is 0 Å². The molecule has 1 heterocycles. The monoisotopic (exact) mass is 363 g/mol. The molecule has 27 heavy (non-hydrogen) atoms. The van der Waals surface area contributed by atoms with Gasteiger partial charge in [0, 0.05) is 11.1 Å². The van der Waals surface area contributed by atoms with Gasteiger partial charge in [-0.25, -0.2) is 9.53 Å². The Hall–Kier alpha value is -3.28. The Morgan fingerprint density at radius 1 is 0.778 bits per heavy atom. The molecule has 3 rings (SSSR count). The molecule has 6 nitrogen and oxygen atoms in total. The van der Waals surface area contributed by atoms with Crippen molar-refractivity contribution >= 4 is 17.6 Å². The van der Waals surface area contributed by atoms with Gasteiger partial charge in [-0.15, -0.1) is 0 Å². The number of carbonyl (C=O) groups excluding carboxylic acids is 2. The van der Waals surface area contributed by atoms with Crippen LogP contribution in [0.4, 0.5) is 5.82 Å². The van der Waals surface area contributed by atoms with Crippen molar-refractivity contribution in [3.8, 4) is 0 Å². The molecule has 0 atom stereocenters. The Morgan fingerprint density at radius 3 is 1.63 bits per heavy atom. The molecule has 0 unspecified atom stereocenters. The molecule has 0 aliphatic rings. The second kappa shape index (κ2) is 7.15. The van der Waals surface area contributed by atoms with Crippen LogP contribution >= 0.6 is 0 Å². The maximum atomic E-state index is 13.3. The number of rotatable bonds is 3. The fourth-order valence-corrected chi connectivity index (χ4v) is 3.06. The number of aromatic nitrogens is 2. The van der Waals surface area contributed by atoms with E-state index >= 15 is 0 Å². The summed E-state index contributed by atoms with van der Waals surface area (Å²) in [6.07, 6.45) is 0. The summed E-state index contributed by atoms with van der Waals surface area (Å²) in [5.41, 5.74) is 4.87. The molecule has 0 N–H and O–H groups in total. The van der Waals surface area contributed by atoms with Crippen LogP contribution in [0.25, 0.3) is 0 Å². The summed E-state index contributed by atoms with van der Waals surface area (Å²) in [6.45, 7) is 9.22. The van der Waals surface area contributed by atoms with Gasteiger partial charge >= 0.3 is 0 Å². The van der Waals surface area contributed by atoms with E-state index in [0.29, 0.717) is 16.8 Å². The average Bonchev–Trinajstić information content (AvgIpc) is 3.00. The van der Waals surface area contributed by atoms with Gasteiger partial charge in [-0.05, 0) is 63.0 Å². The normalized spacial score (nSPS) is 10.7. The van der Waals surface area contributed by atoms with Crippen LogP contribution in [0.1, 0.15) is 48.7 Å². The maximum Gasteiger partial charge on any atom is 0.266 e. The second-order valence-corrected chi connectivity index (χ2v) is 6.76. The van der Waals surface area contributed by atoms with Crippen LogP contribution in [-0.4, -0.2) is 22.1 Å². The molecule has 0 saturated heterocycles. The predicted octanol–water partition coefficient (Wildman–Crippen LogP) is 4.10. The van der Waals surface area contributed by atoms with Gasteiger partial charge in [-0.2, -0.15) is 0 Å². The predicted molar refractivity (Wildman–Crippen MR) is 102 cm³/mol. The van der Waals surface area contributed by atoms with E-state index in [1.54, 1.807) is 19.1 Å². The third kappa shape index (κ3) is 3.51. The molecular formula is C21H21N3O3. The fraction of sp³-hybridized carbons (Fsp3) is 0.238. The van der Waals surface area contributed by atoms with Crippen molar-refractivity contribution in [1.82, 2.24) is 10.3 Å². The minimum absolute atomic E-state index is 0.102. The summed E-state index contributed by atoms with van der Waals surface area (Å²) >= 11 is 0.